The van der Waals surface area contributed by atoms with Gasteiger partial charge >= 0.3 is 0 Å². The first kappa shape index (κ1) is 14.5. The second-order valence-corrected chi connectivity index (χ2v) is 3.54. The number of rotatable bonds is 10. The maximum Gasteiger partial charge on any atom is 0.111 e. The molecule has 0 aromatic heterocycles. The SMILES string of the molecule is C=COCCOCCOCC=Cc1ccccc1. The third-order valence-electron chi connectivity index (χ3n) is 2.16. The third-order valence-corrected chi connectivity index (χ3v) is 2.16. The Morgan fingerprint density at radius 3 is 2.44 bits per heavy atom. The summed E-state index contributed by atoms with van der Waals surface area (Å²) in [5.41, 5.74) is 1.18. The van der Waals surface area contributed by atoms with Crippen LogP contribution in [0.4, 0.5) is 0 Å². The van der Waals surface area contributed by atoms with Crippen LogP contribution in [0.25, 0.3) is 6.08 Å². The minimum absolute atomic E-state index is 0.539. The lowest BCUT2D eigenvalue weighted by atomic mass is 10.2. The highest BCUT2D eigenvalue weighted by Crippen LogP contribution is 2.00. The molecule has 18 heavy (non-hydrogen) atoms. The highest BCUT2D eigenvalue weighted by Gasteiger charge is 1.88. The van der Waals surface area contributed by atoms with Gasteiger partial charge in [-0.1, -0.05) is 49.1 Å². The van der Waals surface area contributed by atoms with Crippen molar-refractivity contribution in [2.24, 2.45) is 0 Å². The van der Waals surface area contributed by atoms with Crippen LogP contribution in [0.1, 0.15) is 5.56 Å². The Morgan fingerprint density at radius 2 is 1.67 bits per heavy atom. The average molecular weight is 248 g/mol. The lowest BCUT2D eigenvalue weighted by molar-refractivity contribution is 0.0383. The van der Waals surface area contributed by atoms with E-state index in [1.165, 1.54) is 11.8 Å². The van der Waals surface area contributed by atoms with Gasteiger partial charge in [-0.05, 0) is 5.56 Å². The van der Waals surface area contributed by atoms with Crippen molar-refractivity contribution in [2.75, 3.05) is 33.0 Å². The molecule has 0 spiro atoms. The highest BCUT2D eigenvalue weighted by molar-refractivity contribution is 5.48. The minimum Gasteiger partial charge on any atom is -0.499 e. The van der Waals surface area contributed by atoms with Crippen molar-refractivity contribution in [1.82, 2.24) is 0 Å². The lowest BCUT2D eigenvalue weighted by Gasteiger charge is -2.03. The molecule has 0 fully saturated rings. The molecule has 0 atom stereocenters. The van der Waals surface area contributed by atoms with Crippen LogP contribution >= 0.6 is 0 Å². The molecule has 1 rings (SSSR count). The highest BCUT2D eigenvalue weighted by atomic mass is 16.5. The second kappa shape index (κ2) is 10.6. The summed E-state index contributed by atoms with van der Waals surface area (Å²) in [5, 5.41) is 0. The Kier molecular flexibility index (Phi) is 8.50. The number of ether oxygens (including phenoxy) is 3. The Morgan fingerprint density at radius 1 is 0.944 bits per heavy atom. The summed E-state index contributed by atoms with van der Waals surface area (Å²) in [6, 6.07) is 10.1. The van der Waals surface area contributed by atoms with Gasteiger partial charge < -0.3 is 14.2 Å². The van der Waals surface area contributed by atoms with Crippen LogP contribution in [0.5, 0.6) is 0 Å². The summed E-state index contributed by atoms with van der Waals surface area (Å²) >= 11 is 0. The van der Waals surface area contributed by atoms with Gasteiger partial charge in [0.2, 0.25) is 0 Å². The van der Waals surface area contributed by atoms with Crippen molar-refractivity contribution in [2.45, 2.75) is 0 Å². The molecule has 0 saturated heterocycles. The predicted molar refractivity (Wildman–Crippen MR) is 73.3 cm³/mol. The van der Waals surface area contributed by atoms with E-state index < -0.39 is 0 Å². The van der Waals surface area contributed by atoms with Crippen LogP contribution in [0.3, 0.4) is 0 Å². The molecular weight excluding hydrogens is 228 g/mol. The molecule has 0 N–H and O–H groups in total. The van der Waals surface area contributed by atoms with Gasteiger partial charge in [-0.25, -0.2) is 0 Å². The topological polar surface area (TPSA) is 27.7 Å². The first-order chi connectivity index (χ1) is 8.93. The van der Waals surface area contributed by atoms with Gasteiger partial charge in [0.1, 0.15) is 6.61 Å². The summed E-state index contributed by atoms with van der Waals surface area (Å²) < 4.78 is 15.6. The van der Waals surface area contributed by atoms with Gasteiger partial charge in [0.25, 0.3) is 0 Å². The summed E-state index contributed by atoms with van der Waals surface area (Å²) in [5.74, 6) is 0. The Bertz CT molecular complexity index is 333. The van der Waals surface area contributed by atoms with Crippen molar-refractivity contribution in [3.05, 3.63) is 54.8 Å². The van der Waals surface area contributed by atoms with Crippen LogP contribution in [0.2, 0.25) is 0 Å². The van der Waals surface area contributed by atoms with E-state index in [1.807, 2.05) is 30.4 Å². The van der Waals surface area contributed by atoms with Crippen molar-refractivity contribution in [1.29, 1.82) is 0 Å². The van der Waals surface area contributed by atoms with E-state index in [1.54, 1.807) is 0 Å². The fraction of sp³-hybridized carbons (Fsp3) is 0.333. The summed E-state index contributed by atoms with van der Waals surface area (Å²) in [7, 11) is 0. The van der Waals surface area contributed by atoms with Crippen molar-refractivity contribution in [3.63, 3.8) is 0 Å². The van der Waals surface area contributed by atoms with E-state index >= 15 is 0 Å². The Hall–Kier alpha value is -1.58. The van der Waals surface area contributed by atoms with Gasteiger partial charge in [-0.3, -0.25) is 0 Å². The smallest absolute Gasteiger partial charge is 0.111 e. The van der Waals surface area contributed by atoms with Gasteiger partial charge in [0.05, 0.1) is 32.7 Å². The molecule has 0 aliphatic heterocycles. The first-order valence-electron chi connectivity index (χ1n) is 6.03. The quantitative estimate of drug-likeness (QED) is 0.470. The van der Waals surface area contributed by atoms with E-state index in [-0.39, 0.29) is 0 Å². The normalized spacial score (nSPS) is 10.7. The molecule has 3 nitrogen and oxygen atoms in total. The molecule has 0 radical (unpaired) electrons. The molecule has 3 heteroatoms. The molecule has 0 aliphatic carbocycles. The van der Waals surface area contributed by atoms with Crippen LogP contribution in [0, 0.1) is 0 Å². The molecule has 0 saturated carbocycles. The van der Waals surface area contributed by atoms with E-state index in [0.29, 0.717) is 33.0 Å². The monoisotopic (exact) mass is 248 g/mol. The van der Waals surface area contributed by atoms with Crippen LogP contribution in [-0.2, 0) is 14.2 Å². The minimum atomic E-state index is 0.539. The molecule has 98 valence electrons. The van der Waals surface area contributed by atoms with Gasteiger partial charge in [-0.15, -0.1) is 0 Å². The number of hydrogen-bond donors (Lipinski definition) is 0. The van der Waals surface area contributed by atoms with Crippen LogP contribution < -0.4 is 0 Å². The summed E-state index contributed by atoms with van der Waals surface area (Å²) in [4.78, 5) is 0. The first-order valence-corrected chi connectivity index (χ1v) is 6.03. The molecule has 0 unspecified atom stereocenters. The van der Waals surface area contributed by atoms with Crippen LogP contribution in [-0.4, -0.2) is 33.0 Å². The molecule has 0 amide bonds. The van der Waals surface area contributed by atoms with Crippen molar-refractivity contribution < 1.29 is 14.2 Å². The van der Waals surface area contributed by atoms with Gasteiger partial charge in [0.15, 0.2) is 0 Å². The third kappa shape index (κ3) is 7.65. The van der Waals surface area contributed by atoms with Crippen molar-refractivity contribution >= 4 is 6.08 Å². The fourth-order valence-corrected chi connectivity index (χ4v) is 1.31. The largest absolute Gasteiger partial charge is 0.499 e. The maximum atomic E-state index is 5.39. The number of benzene rings is 1. The summed E-state index contributed by atoms with van der Waals surface area (Å²) in [6.45, 7) is 6.32. The van der Waals surface area contributed by atoms with Crippen LogP contribution in [0.15, 0.2) is 49.2 Å². The fourth-order valence-electron chi connectivity index (χ4n) is 1.31. The average Bonchev–Trinajstić information content (AvgIpc) is 2.42. The van der Waals surface area contributed by atoms with Gasteiger partial charge in [-0.2, -0.15) is 0 Å². The Balaban J connectivity index is 1.92. The van der Waals surface area contributed by atoms with E-state index in [2.05, 4.69) is 18.7 Å². The molecular formula is C15H20O3. The zero-order valence-electron chi connectivity index (χ0n) is 10.6. The lowest BCUT2D eigenvalue weighted by Crippen LogP contribution is -2.08. The van der Waals surface area contributed by atoms with E-state index in [4.69, 9.17) is 14.2 Å². The second-order valence-electron chi connectivity index (χ2n) is 3.54. The standard InChI is InChI=1S/C15H20O3/c1-2-16-11-12-18-14-13-17-10-6-9-15-7-4-3-5-8-15/h2-9H,1,10-14H2. The van der Waals surface area contributed by atoms with Gasteiger partial charge in [0, 0.05) is 0 Å². The predicted octanol–water partition coefficient (Wildman–Crippen LogP) is 2.89. The number of hydrogen-bond acceptors (Lipinski definition) is 3. The molecule has 1 aromatic rings. The van der Waals surface area contributed by atoms with Crippen molar-refractivity contribution in [3.8, 4) is 0 Å². The zero-order chi connectivity index (χ0) is 12.9. The molecule has 1 aromatic carbocycles. The maximum absolute atomic E-state index is 5.39. The molecule has 0 bridgehead atoms. The molecule has 0 heterocycles. The Labute approximate surface area is 109 Å². The van der Waals surface area contributed by atoms with E-state index in [0.717, 1.165) is 0 Å². The zero-order valence-corrected chi connectivity index (χ0v) is 10.6. The molecule has 0 aliphatic rings. The summed E-state index contributed by atoms with van der Waals surface area (Å²) in [6.07, 6.45) is 5.45. The van der Waals surface area contributed by atoms with E-state index in [9.17, 15) is 0 Å².